The van der Waals surface area contributed by atoms with Crippen molar-refractivity contribution in [1.82, 2.24) is 15.6 Å². The molecule has 1 atom stereocenters. The predicted molar refractivity (Wildman–Crippen MR) is 84.4 cm³/mol. The lowest BCUT2D eigenvalue weighted by molar-refractivity contribution is 0.236. The number of rotatable bonds is 4. The van der Waals surface area contributed by atoms with E-state index in [0.717, 1.165) is 5.56 Å². The summed E-state index contributed by atoms with van der Waals surface area (Å²) in [5, 5.41) is 5.26. The van der Waals surface area contributed by atoms with E-state index in [9.17, 15) is 13.2 Å². The average Bonchev–Trinajstić information content (AvgIpc) is 3.13. The van der Waals surface area contributed by atoms with Crippen LogP contribution in [0.15, 0.2) is 40.9 Å². The molecule has 0 radical (unpaired) electrons. The van der Waals surface area contributed by atoms with Gasteiger partial charge in [-0.05, 0) is 6.42 Å². The molecule has 1 aromatic heterocycles. The van der Waals surface area contributed by atoms with Crippen molar-refractivity contribution in [2.24, 2.45) is 0 Å². The summed E-state index contributed by atoms with van der Waals surface area (Å²) in [6.45, 7) is 0.137. The molecule has 3 rings (SSSR count). The van der Waals surface area contributed by atoms with Crippen LogP contribution in [0.25, 0.3) is 11.3 Å². The van der Waals surface area contributed by atoms with Gasteiger partial charge in [-0.3, -0.25) is 0 Å². The highest BCUT2D eigenvalue weighted by Gasteiger charge is 2.28. The predicted octanol–water partition coefficient (Wildman–Crippen LogP) is 1.33. The molecule has 7 nitrogen and oxygen atoms in total. The zero-order valence-corrected chi connectivity index (χ0v) is 13.2. The van der Waals surface area contributed by atoms with Crippen molar-refractivity contribution in [2.45, 2.75) is 19.0 Å². The Hall–Kier alpha value is -2.35. The third-order valence-electron chi connectivity index (χ3n) is 3.58. The molecule has 2 N–H and O–H groups in total. The topological polar surface area (TPSA) is 101 Å². The summed E-state index contributed by atoms with van der Waals surface area (Å²) in [5.74, 6) is 1.14. The number of nitrogens with one attached hydrogen (secondary N) is 2. The number of urea groups is 1. The molecule has 2 aromatic rings. The van der Waals surface area contributed by atoms with Crippen molar-refractivity contribution in [2.75, 3.05) is 11.5 Å². The van der Waals surface area contributed by atoms with E-state index >= 15 is 0 Å². The van der Waals surface area contributed by atoms with Crippen molar-refractivity contribution in [3.63, 3.8) is 0 Å². The minimum Gasteiger partial charge on any atom is -0.439 e. The molecule has 0 aliphatic carbocycles. The Morgan fingerprint density at radius 1 is 1.30 bits per heavy atom. The largest absolute Gasteiger partial charge is 0.439 e. The highest BCUT2D eigenvalue weighted by Crippen LogP contribution is 2.19. The van der Waals surface area contributed by atoms with Gasteiger partial charge in [-0.2, -0.15) is 0 Å². The lowest BCUT2D eigenvalue weighted by atomic mass is 10.2. The number of hydrogen-bond donors (Lipinski definition) is 2. The molecule has 23 heavy (non-hydrogen) atoms. The summed E-state index contributed by atoms with van der Waals surface area (Å²) in [6, 6.07) is 8.78. The van der Waals surface area contributed by atoms with Gasteiger partial charge >= 0.3 is 6.03 Å². The number of hydrogen-bond acceptors (Lipinski definition) is 5. The average molecular weight is 335 g/mol. The van der Waals surface area contributed by atoms with Crippen LogP contribution >= 0.6 is 0 Å². The molecule has 1 fully saturated rings. The maximum absolute atomic E-state index is 11.8. The van der Waals surface area contributed by atoms with Crippen LogP contribution in [-0.4, -0.2) is 37.0 Å². The van der Waals surface area contributed by atoms with Gasteiger partial charge in [-0.25, -0.2) is 18.2 Å². The zero-order valence-electron chi connectivity index (χ0n) is 12.4. The van der Waals surface area contributed by atoms with Gasteiger partial charge in [-0.1, -0.05) is 30.3 Å². The van der Waals surface area contributed by atoms with Crippen LogP contribution in [0, 0.1) is 0 Å². The number of nitrogens with zero attached hydrogens (tertiary/aromatic N) is 1. The molecule has 1 aromatic carbocycles. The van der Waals surface area contributed by atoms with Crippen molar-refractivity contribution in [3.8, 4) is 11.3 Å². The van der Waals surface area contributed by atoms with E-state index in [0.29, 0.717) is 18.1 Å². The van der Waals surface area contributed by atoms with Crippen molar-refractivity contribution in [3.05, 3.63) is 42.4 Å². The SMILES string of the molecule is O=C(NCc1ncc(-c2ccccc2)o1)N[C@@H]1CCS(=O)(=O)C1. The van der Waals surface area contributed by atoms with Crippen LogP contribution in [0.5, 0.6) is 0 Å². The standard InChI is InChI=1S/C15H17N3O4S/c19-15(18-12-6-7-23(20,21)10-12)17-9-14-16-8-13(22-14)11-4-2-1-3-5-11/h1-5,8,12H,6-7,9-10H2,(H2,17,18,19)/t12-/m1/s1. The Bertz CT molecular complexity index is 786. The van der Waals surface area contributed by atoms with E-state index in [1.54, 1.807) is 6.20 Å². The first-order valence-corrected chi connectivity index (χ1v) is 9.09. The van der Waals surface area contributed by atoms with E-state index < -0.39 is 15.9 Å². The van der Waals surface area contributed by atoms with Crippen molar-refractivity contribution >= 4 is 15.9 Å². The minimum absolute atomic E-state index is 0.00240. The second kappa shape index (κ2) is 6.41. The number of sulfone groups is 1. The molecule has 0 bridgehead atoms. The highest BCUT2D eigenvalue weighted by molar-refractivity contribution is 7.91. The van der Waals surface area contributed by atoms with Crippen molar-refractivity contribution in [1.29, 1.82) is 0 Å². The zero-order chi connectivity index (χ0) is 16.3. The summed E-state index contributed by atoms with van der Waals surface area (Å²) in [4.78, 5) is 15.9. The van der Waals surface area contributed by atoms with E-state index in [2.05, 4.69) is 15.6 Å². The number of carbonyl (C=O) groups excluding carboxylic acids is 1. The lowest BCUT2D eigenvalue weighted by Gasteiger charge is -2.10. The van der Waals surface area contributed by atoms with E-state index in [1.165, 1.54) is 0 Å². The van der Waals surface area contributed by atoms with Gasteiger partial charge in [0.25, 0.3) is 0 Å². The Balaban J connectivity index is 1.51. The fourth-order valence-corrected chi connectivity index (χ4v) is 4.10. The smallest absolute Gasteiger partial charge is 0.315 e. The molecule has 8 heteroatoms. The Morgan fingerprint density at radius 2 is 2.09 bits per heavy atom. The molecule has 0 spiro atoms. The fraction of sp³-hybridized carbons (Fsp3) is 0.333. The molecule has 1 saturated heterocycles. The number of benzene rings is 1. The molecular weight excluding hydrogens is 318 g/mol. The van der Waals surface area contributed by atoms with Gasteiger partial charge in [0, 0.05) is 11.6 Å². The molecule has 1 aliphatic rings. The number of amides is 2. The first-order chi connectivity index (χ1) is 11.0. The third kappa shape index (κ3) is 4.10. The Labute approximate surface area is 134 Å². The Kier molecular flexibility index (Phi) is 4.33. The lowest BCUT2D eigenvalue weighted by Crippen LogP contribution is -2.42. The second-order valence-electron chi connectivity index (χ2n) is 5.41. The van der Waals surface area contributed by atoms with Crippen LogP contribution in [0.2, 0.25) is 0 Å². The number of aromatic nitrogens is 1. The second-order valence-corrected chi connectivity index (χ2v) is 7.64. The first kappa shape index (κ1) is 15.5. The van der Waals surface area contributed by atoms with E-state index in [-0.39, 0.29) is 24.1 Å². The van der Waals surface area contributed by atoms with E-state index in [1.807, 2.05) is 30.3 Å². The Morgan fingerprint density at radius 3 is 2.78 bits per heavy atom. The third-order valence-corrected chi connectivity index (χ3v) is 5.35. The van der Waals surface area contributed by atoms with Crippen LogP contribution in [0.4, 0.5) is 4.79 Å². The summed E-state index contributed by atoms with van der Waals surface area (Å²) in [5.41, 5.74) is 0.909. The fourth-order valence-electron chi connectivity index (χ4n) is 2.43. The van der Waals surface area contributed by atoms with Gasteiger partial charge in [0.15, 0.2) is 15.6 Å². The molecule has 0 unspecified atom stereocenters. The van der Waals surface area contributed by atoms with Gasteiger partial charge in [0.2, 0.25) is 5.89 Å². The molecule has 2 heterocycles. The van der Waals surface area contributed by atoms with Crippen molar-refractivity contribution < 1.29 is 17.6 Å². The molecular formula is C15H17N3O4S. The monoisotopic (exact) mass is 335 g/mol. The van der Waals surface area contributed by atoms with Crippen LogP contribution in [0.3, 0.4) is 0 Å². The minimum atomic E-state index is -3.01. The van der Waals surface area contributed by atoms with Gasteiger partial charge in [-0.15, -0.1) is 0 Å². The van der Waals surface area contributed by atoms with Crippen LogP contribution in [0.1, 0.15) is 12.3 Å². The maximum atomic E-state index is 11.8. The van der Waals surface area contributed by atoms with Crippen LogP contribution < -0.4 is 10.6 Å². The number of carbonyl (C=O) groups is 1. The highest BCUT2D eigenvalue weighted by atomic mass is 32.2. The van der Waals surface area contributed by atoms with Crippen LogP contribution in [-0.2, 0) is 16.4 Å². The molecule has 2 amide bonds. The maximum Gasteiger partial charge on any atom is 0.315 e. The molecule has 0 saturated carbocycles. The van der Waals surface area contributed by atoms with Gasteiger partial charge in [0.05, 0.1) is 24.2 Å². The summed E-state index contributed by atoms with van der Waals surface area (Å²) >= 11 is 0. The summed E-state index contributed by atoms with van der Waals surface area (Å²) in [6.07, 6.45) is 2.06. The molecule has 1 aliphatic heterocycles. The van der Waals surface area contributed by atoms with Gasteiger partial charge in [0.1, 0.15) is 0 Å². The van der Waals surface area contributed by atoms with E-state index in [4.69, 9.17) is 4.42 Å². The summed E-state index contributed by atoms with van der Waals surface area (Å²) < 4.78 is 28.3. The quantitative estimate of drug-likeness (QED) is 0.878. The molecule has 122 valence electrons. The summed E-state index contributed by atoms with van der Waals surface area (Å²) in [7, 11) is -3.01. The number of oxazole rings is 1. The normalized spacial score (nSPS) is 19.4. The van der Waals surface area contributed by atoms with Gasteiger partial charge < -0.3 is 15.1 Å². The first-order valence-electron chi connectivity index (χ1n) is 7.27.